The fourth-order valence-electron chi connectivity index (χ4n) is 1.98. The lowest BCUT2D eigenvalue weighted by molar-refractivity contribution is 0.391. The molecule has 0 radical (unpaired) electrons. The van der Waals surface area contributed by atoms with Crippen molar-refractivity contribution < 1.29 is 4.52 Å². The van der Waals surface area contributed by atoms with Gasteiger partial charge in [-0.25, -0.2) is 4.98 Å². The fourth-order valence-corrected chi connectivity index (χ4v) is 2.16. The van der Waals surface area contributed by atoms with Crippen LogP contribution >= 0.6 is 11.6 Å². The van der Waals surface area contributed by atoms with Crippen LogP contribution in [0.15, 0.2) is 15.4 Å². The summed E-state index contributed by atoms with van der Waals surface area (Å²) in [6.07, 6.45) is 0. The molecule has 0 bridgehead atoms. The third-order valence-electron chi connectivity index (χ3n) is 3.02. The Labute approximate surface area is 116 Å². The maximum absolute atomic E-state index is 12.1. The summed E-state index contributed by atoms with van der Waals surface area (Å²) in [4.78, 5) is 16.4. The Morgan fingerprint density at radius 3 is 2.63 bits per heavy atom. The maximum atomic E-state index is 12.1. The van der Waals surface area contributed by atoms with Gasteiger partial charge in [0.2, 0.25) is 0 Å². The molecular weight excluding hydrogens is 266 g/mol. The van der Waals surface area contributed by atoms with Crippen molar-refractivity contribution in [1.82, 2.24) is 14.7 Å². The summed E-state index contributed by atoms with van der Waals surface area (Å²) in [5, 5.41) is 4.12. The summed E-state index contributed by atoms with van der Waals surface area (Å²) in [5.41, 5.74) is 1.53. The molecule has 2 heterocycles. The van der Waals surface area contributed by atoms with Crippen LogP contribution in [0.4, 0.5) is 0 Å². The van der Waals surface area contributed by atoms with Gasteiger partial charge >= 0.3 is 0 Å². The molecule has 0 spiro atoms. The van der Waals surface area contributed by atoms with E-state index in [-0.39, 0.29) is 16.6 Å². The van der Waals surface area contributed by atoms with Crippen LogP contribution in [0.3, 0.4) is 0 Å². The first-order valence-electron chi connectivity index (χ1n) is 6.09. The molecule has 0 unspecified atom stereocenters. The minimum atomic E-state index is -0.163. The number of aromatic nitrogens is 3. The minimum absolute atomic E-state index is 0.104. The van der Waals surface area contributed by atoms with E-state index in [0.717, 1.165) is 11.3 Å². The van der Waals surface area contributed by atoms with E-state index in [4.69, 9.17) is 16.1 Å². The van der Waals surface area contributed by atoms with E-state index in [2.05, 4.69) is 10.1 Å². The first-order valence-corrected chi connectivity index (χ1v) is 6.47. The number of aryl methyl sites for hydroxylation is 2. The zero-order valence-electron chi connectivity index (χ0n) is 11.4. The molecule has 2 aromatic heterocycles. The van der Waals surface area contributed by atoms with Gasteiger partial charge in [0.05, 0.1) is 12.2 Å². The molecule has 0 aliphatic carbocycles. The largest absolute Gasteiger partial charge is 0.361 e. The van der Waals surface area contributed by atoms with Gasteiger partial charge in [0, 0.05) is 17.5 Å². The second kappa shape index (κ2) is 5.17. The van der Waals surface area contributed by atoms with Crippen molar-refractivity contribution in [3.05, 3.63) is 44.4 Å². The van der Waals surface area contributed by atoms with Crippen molar-refractivity contribution in [2.75, 3.05) is 0 Å². The Morgan fingerprint density at radius 1 is 1.42 bits per heavy atom. The Bertz CT molecular complexity index is 639. The summed E-state index contributed by atoms with van der Waals surface area (Å²) < 4.78 is 6.73. The van der Waals surface area contributed by atoms with E-state index in [1.165, 1.54) is 6.07 Å². The number of halogens is 1. The molecule has 19 heavy (non-hydrogen) atoms. The monoisotopic (exact) mass is 281 g/mol. The molecule has 102 valence electrons. The molecule has 0 aliphatic heterocycles. The highest BCUT2D eigenvalue weighted by Gasteiger charge is 2.16. The normalized spacial score (nSPS) is 11.3. The lowest BCUT2D eigenvalue weighted by atomic mass is 10.1. The van der Waals surface area contributed by atoms with E-state index in [1.54, 1.807) is 4.57 Å². The molecule has 0 aliphatic rings. The summed E-state index contributed by atoms with van der Waals surface area (Å²) >= 11 is 5.86. The van der Waals surface area contributed by atoms with E-state index >= 15 is 0 Å². The van der Waals surface area contributed by atoms with Crippen molar-refractivity contribution >= 4 is 11.6 Å². The second-order valence-electron chi connectivity index (χ2n) is 4.82. The van der Waals surface area contributed by atoms with Gasteiger partial charge in [0.1, 0.15) is 16.7 Å². The van der Waals surface area contributed by atoms with Crippen LogP contribution in [-0.4, -0.2) is 14.7 Å². The molecule has 6 heteroatoms. The van der Waals surface area contributed by atoms with Gasteiger partial charge in [-0.2, -0.15) is 0 Å². The number of rotatable bonds is 3. The molecule has 0 saturated heterocycles. The molecule has 0 saturated carbocycles. The Morgan fingerprint density at radius 2 is 2.11 bits per heavy atom. The van der Waals surface area contributed by atoms with Gasteiger partial charge in [-0.05, 0) is 13.8 Å². The highest BCUT2D eigenvalue weighted by Crippen LogP contribution is 2.17. The van der Waals surface area contributed by atoms with Crippen molar-refractivity contribution in [1.29, 1.82) is 0 Å². The zero-order valence-corrected chi connectivity index (χ0v) is 12.2. The predicted octanol–water partition coefficient (Wildman–Crippen LogP) is 2.67. The maximum Gasteiger partial charge on any atom is 0.255 e. The molecule has 0 aromatic carbocycles. The summed E-state index contributed by atoms with van der Waals surface area (Å²) in [5.74, 6) is 1.48. The third-order valence-corrected chi connectivity index (χ3v) is 3.21. The van der Waals surface area contributed by atoms with Gasteiger partial charge in [0.15, 0.2) is 0 Å². The Hall–Kier alpha value is -1.62. The van der Waals surface area contributed by atoms with E-state index < -0.39 is 0 Å². The van der Waals surface area contributed by atoms with E-state index in [9.17, 15) is 4.79 Å². The van der Waals surface area contributed by atoms with Gasteiger partial charge in [-0.15, -0.1) is 0 Å². The fraction of sp³-hybridized carbons (Fsp3) is 0.462. The first-order chi connectivity index (χ1) is 8.90. The van der Waals surface area contributed by atoms with E-state index in [0.29, 0.717) is 18.1 Å². The predicted molar refractivity (Wildman–Crippen MR) is 72.7 cm³/mol. The van der Waals surface area contributed by atoms with Crippen LogP contribution in [-0.2, 0) is 6.54 Å². The molecule has 0 atom stereocenters. The van der Waals surface area contributed by atoms with Crippen LogP contribution in [0.5, 0.6) is 0 Å². The first kappa shape index (κ1) is 13.8. The van der Waals surface area contributed by atoms with Gasteiger partial charge in [-0.3, -0.25) is 9.36 Å². The topological polar surface area (TPSA) is 60.9 Å². The highest BCUT2D eigenvalue weighted by atomic mass is 35.5. The van der Waals surface area contributed by atoms with E-state index in [1.807, 2.05) is 27.7 Å². The quantitative estimate of drug-likeness (QED) is 0.812. The summed E-state index contributed by atoms with van der Waals surface area (Å²) in [6.45, 7) is 8.04. The van der Waals surface area contributed by atoms with Gasteiger partial charge in [-0.1, -0.05) is 30.6 Å². The lowest BCUT2D eigenvalue weighted by Crippen LogP contribution is -2.26. The molecule has 0 fully saturated rings. The van der Waals surface area contributed by atoms with Crippen LogP contribution < -0.4 is 5.56 Å². The average molecular weight is 282 g/mol. The molecular formula is C13H16ClN3O2. The number of hydrogen-bond acceptors (Lipinski definition) is 4. The van der Waals surface area contributed by atoms with Crippen molar-refractivity contribution in [2.45, 2.75) is 40.2 Å². The molecule has 0 N–H and O–H groups in total. The van der Waals surface area contributed by atoms with Crippen LogP contribution in [0.2, 0.25) is 5.15 Å². The number of nitrogens with zero attached hydrogens (tertiary/aromatic N) is 3. The van der Waals surface area contributed by atoms with Crippen LogP contribution in [0.1, 0.15) is 42.6 Å². The average Bonchev–Trinajstić information content (AvgIpc) is 2.63. The molecule has 5 nitrogen and oxygen atoms in total. The SMILES string of the molecule is Cc1noc(C)c1Cn1c(C(C)C)nc(Cl)cc1=O. The standard InChI is InChI=1S/C13H16ClN3O2/c1-7(2)13-15-11(14)5-12(18)17(13)6-10-8(3)16-19-9(10)4/h5,7H,6H2,1-4H3. The minimum Gasteiger partial charge on any atom is -0.361 e. The molecule has 2 rings (SSSR count). The Kier molecular flexibility index (Phi) is 3.75. The molecule has 0 amide bonds. The van der Waals surface area contributed by atoms with Crippen molar-refractivity contribution in [3.8, 4) is 0 Å². The smallest absolute Gasteiger partial charge is 0.255 e. The van der Waals surface area contributed by atoms with Crippen LogP contribution in [0, 0.1) is 13.8 Å². The second-order valence-corrected chi connectivity index (χ2v) is 5.21. The molecule has 2 aromatic rings. The Balaban J connectivity index is 2.54. The lowest BCUT2D eigenvalue weighted by Gasteiger charge is -2.14. The van der Waals surface area contributed by atoms with Crippen molar-refractivity contribution in [2.24, 2.45) is 0 Å². The third kappa shape index (κ3) is 2.71. The van der Waals surface area contributed by atoms with Gasteiger partial charge < -0.3 is 4.52 Å². The summed E-state index contributed by atoms with van der Waals surface area (Å²) in [7, 11) is 0. The summed E-state index contributed by atoms with van der Waals surface area (Å²) in [6, 6.07) is 1.33. The zero-order chi connectivity index (χ0) is 14.2. The van der Waals surface area contributed by atoms with Crippen molar-refractivity contribution in [3.63, 3.8) is 0 Å². The highest BCUT2D eigenvalue weighted by molar-refractivity contribution is 6.29. The van der Waals surface area contributed by atoms with Gasteiger partial charge in [0.25, 0.3) is 5.56 Å². The number of hydrogen-bond donors (Lipinski definition) is 0. The van der Waals surface area contributed by atoms with Crippen LogP contribution in [0.25, 0.3) is 0 Å².